The smallest absolute Gasteiger partial charge is 0.221 e. The molecule has 7 nitrogen and oxygen atoms in total. The second kappa shape index (κ2) is 6.83. The number of rotatable bonds is 6. The van der Waals surface area contributed by atoms with Gasteiger partial charge in [0, 0.05) is 6.42 Å². The first-order chi connectivity index (χ1) is 4.85. The summed E-state index contributed by atoms with van der Waals surface area (Å²) in [4.78, 5) is 8.11. The maximum Gasteiger partial charge on any atom is 0.230 e. The third kappa shape index (κ3) is 4.58. The first-order valence-corrected chi connectivity index (χ1v) is 2.45. The summed E-state index contributed by atoms with van der Waals surface area (Å²) in [6, 6.07) is 0. The number of hydrogen-bond acceptors (Lipinski definition) is 7. The van der Waals surface area contributed by atoms with Crippen LogP contribution in [-0.4, -0.2) is 16.8 Å². The van der Waals surface area contributed by atoms with E-state index in [1.807, 2.05) is 0 Å². The van der Waals surface area contributed by atoms with Crippen molar-refractivity contribution in [3.05, 3.63) is 0 Å². The highest BCUT2D eigenvalue weighted by molar-refractivity contribution is 4.27. The molecule has 0 aliphatic carbocycles. The van der Waals surface area contributed by atoms with Crippen molar-refractivity contribution in [2.75, 3.05) is 0 Å². The van der Waals surface area contributed by atoms with E-state index in [2.05, 4.69) is 24.9 Å². The third-order valence-corrected chi connectivity index (χ3v) is 0.661. The van der Waals surface area contributed by atoms with Crippen LogP contribution in [0.3, 0.4) is 0 Å². The number of hydrogen-bond donors (Lipinski definition) is 2. The maximum atomic E-state index is 7.71. The van der Waals surface area contributed by atoms with Crippen LogP contribution in [0.15, 0.2) is 0 Å². The zero-order chi connectivity index (χ0) is 7.82. The average molecular weight is 156 g/mol. The van der Waals surface area contributed by atoms with Crippen LogP contribution in [0.1, 0.15) is 13.3 Å². The summed E-state index contributed by atoms with van der Waals surface area (Å²) in [7, 11) is 0. The Morgan fingerprint density at radius 2 is 1.90 bits per heavy atom. The highest BCUT2D eigenvalue weighted by atomic mass is 17.7. The molecule has 1 atom stereocenters. The third-order valence-electron chi connectivity index (χ3n) is 0.661. The van der Waals surface area contributed by atoms with E-state index in [0.29, 0.717) is 6.42 Å². The SMILES string of the molecule is CC[C@@H](OOO)OOOO. The van der Waals surface area contributed by atoms with Gasteiger partial charge in [-0.15, -0.1) is 0 Å². The van der Waals surface area contributed by atoms with Gasteiger partial charge < -0.3 is 0 Å². The summed E-state index contributed by atoms with van der Waals surface area (Å²) in [6.07, 6.45) is -0.624. The standard InChI is InChI=1S/C3H8O7/c1-2-3(6-8-4)7-10-9-5/h3-5H,2H2,1H3/t3-/m0/s1. The van der Waals surface area contributed by atoms with E-state index in [1.165, 1.54) is 0 Å². The molecule has 0 aliphatic heterocycles. The Balaban J connectivity index is 3.21. The minimum atomic E-state index is -0.961. The fraction of sp³-hybridized carbons (Fsp3) is 1.00. The molecule has 0 rings (SSSR count). The lowest BCUT2D eigenvalue weighted by Crippen LogP contribution is -2.15. The second-order valence-corrected chi connectivity index (χ2v) is 1.25. The van der Waals surface area contributed by atoms with Crippen LogP contribution in [0, 0.1) is 0 Å². The molecule has 62 valence electrons. The van der Waals surface area contributed by atoms with Crippen molar-refractivity contribution in [2.24, 2.45) is 0 Å². The minimum Gasteiger partial charge on any atom is -0.221 e. The largest absolute Gasteiger partial charge is 0.230 e. The Hall–Kier alpha value is -0.280. The van der Waals surface area contributed by atoms with Crippen molar-refractivity contribution in [1.82, 2.24) is 0 Å². The predicted octanol–water partition coefficient (Wildman–Crippen LogP) is 0.496. The molecule has 0 aromatic heterocycles. The van der Waals surface area contributed by atoms with Crippen LogP contribution in [0.2, 0.25) is 0 Å². The molecule has 0 aliphatic rings. The lowest BCUT2D eigenvalue weighted by Gasteiger charge is -2.07. The molecule has 0 fully saturated rings. The van der Waals surface area contributed by atoms with Crippen LogP contribution in [0.25, 0.3) is 0 Å². The molecule has 0 radical (unpaired) electrons. The summed E-state index contributed by atoms with van der Waals surface area (Å²) in [6.45, 7) is 1.66. The summed E-state index contributed by atoms with van der Waals surface area (Å²) >= 11 is 0. The molecule has 7 heteroatoms. The van der Waals surface area contributed by atoms with Gasteiger partial charge in [0.05, 0.1) is 0 Å². The Bertz CT molecular complexity index is 65.9. The van der Waals surface area contributed by atoms with E-state index in [1.54, 1.807) is 6.92 Å². The van der Waals surface area contributed by atoms with Crippen LogP contribution in [0.5, 0.6) is 0 Å². The maximum absolute atomic E-state index is 7.71. The second-order valence-electron chi connectivity index (χ2n) is 1.25. The van der Waals surface area contributed by atoms with Gasteiger partial charge in [0.1, 0.15) is 0 Å². The highest BCUT2D eigenvalue weighted by Gasteiger charge is 2.08. The normalized spacial score (nSPS) is 13.5. The molecular formula is C3H8O7. The van der Waals surface area contributed by atoms with Gasteiger partial charge in [-0.2, -0.15) is 9.78 Å². The molecule has 0 bridgehead atoms. The van der Waals surface area contributed by atoms with Gasteiger partial charge >= 0.3 is 0 Å². The van der Waals surface area contributed by atoms with Crippen molar-refractivity contribution in [3.63, 3.8) is 0 Å². The predicted molar refractivity (Wildman–Crippen MR) is 24.8 cm³/mol. The van der Waals surface area contributed by atoms with Crippen LogP contribution in [0.4, 0.5) is 0 Å². The minimum absolute atomic E-state index is 0.337. The summed E-state index contributed by atoms with van der Waals surface area (Å²) in [5.41, 5.74) is 0. The Morgan fingerprint density at radius 1 is 1.20 bits per heavy atom. The molecule has 0 aromatic rings. The molecule has 0 unspecified atom stereocenters. The van der Waals surface area contributed by atoms with Gasteiger partial charge in [-0.3, -0.25) is 0 Å². The molecule has 0 amide bonds. The van der Waals surface area contributed by atoms with Gasteiger partial charge in [0.15, 0.2) is 0 Å². The van der Waals surface area contributed by atoms with E-state index in [4.69, 9.17) is 10.5 Å². The van der Waals surface area contributed by atoms with Crippen molar-refractivity contribution in [2.45, 2.75) is 19.6 Å². The Morgan fingerprint density at radius 3 is 2.30 bits per heavy atom. The van der Waals surface area contributed by atoms with Gasteiger partial charge in [-0.05, 0) is 10.1 Å². The molecular weight excluding hydrogens is 148 g/mol. The van der Waals surface area contributed by atoms with Gasteiger partial charge in [-0.25, -0.2) is 10.5 Å². The molecule has 0 heterocycles. The molecule has 10 heavy (non-hydrogen) atoms. The molecule has 0 saturated carbocycles. The van der Waals surface area contributed by atoms with E-state index < -0.39 is 6.29 Å². The van der Waals surface area contributed by atoms with Gasteiger partial charge in [-0.1, -0.05) is 12.0 Å². The zero-order valence-corrected chi connectivity index (χ0v) is 5.22. The first-order valence-electron chi connectivity index (χ1n) is 2.45. The summed E-state index contributed by atoms with van der Waals surface area (Å²) < 4.78 is 0. The topological polar surface area (TPSA) is 86.6 Å². The molecule has 2 N–H and O–H groups in total. The van der Waals surface area contributed by atoms with E-state index >= 15 is 0 Å². The quantitative estimate of drug-likeness (QED) is 0.329. The lowest BCUT2D eigenvalue weighted by atomic mass is 10.5. The molecule has 0 spiro atoms. The monoisotopic (exact) mass is 156 g/mol. The summed E-state index contributed by atoms with van der Waals surface area (Å²) in [5, 5.41) is 25.2. The Labute approximate surface area is 56.3 Å². The van der Waals surface area contributed by atoms with Crippen molar-refractivity contribution >= 4 is 0 Å². The Kier molecular flexibility index (Phi) is 6.64. The fourth-order valence-corrected chi connectivity index (χ4v) is 0.262. The highest BCUT2D eigenvalue weighted by Crippen LogP contribution is 1.99. The van der Waals surface area contributed by atoms with E-state index in [0.717, 1.165) is 0 Å². The fourth-order valence-electron chi connectivity index (χ4n) is 0.262. The first kappa shape index (κ1) is 9.72. The van der Waals surface area contributed by atoms with Crippen LogP contribution < -0.4 is 0 Å². The molecule has 0 saturated heterocycles. The zero-order valence-electron chi connectivity index (χ0n) is 5.22. The van der Waals surface area contributed by atoms with Crippen molar-refractivity contribution in [1.29, 1.82) is 0 Å². The van der Waals surface area contributed by atoms with Crippen molar-refractivity contribution < 1.29 is 35.4 Å². The van der Waals surface area contributed by atoms with Crippen molar-refractivity contribution in [3.8, 4) is 0 Å². The lowest BCUT2D eigenvalue weighted by molar-refractivity contribution is -0.666. The van der Waals surface area contributed by atoms with E-state index in [-0.39, 0.29) is 0 Å². The van der Waals surface area contributed by atoms with Gasteiger partial charge in [0.2, 0.25) is 6.29 Å². The van der Waals surface area contributed by atoms with Gasteiger partial charge in [0.25, 0.3) is 0 Å². The average Bonchev–Trinajstić information content (AvgIpc) is 1.98. The summed E-state index contributed by atoms with van der Waals surface area (Å²) in [5.74, 6) is 0. The van der Waals surface area contributed by atoms with E-state index in [9.17, 15) is 0 Å². The molecule has 0 aromatic carbocycles. The van der Waals surface area contributed by atoms with Crippen LogP contribution in [-0.2, 0) is 24.9 Å². The van der Waals surface area contributed by atoms with Crippen LogP contribution >= 0.6 is 0 Å².